The lowest BCUT2D eigenvalue weighted by atomic mass is 10.2. The fourth-order valence-corrected chi connectivity index (χ4v) is 1.48. The van der Waals surface area contributed by atoms with Crippen molar-refractivity contribution < 1.29 is 0 Å². The summed E-state index contributed by atoms with van der Waals surface area (Å²) in [6, 6.07) is 7.54. The zero-order valence-electron chi connectivity index (χ0n) is 7.52. The van der Waals surface area contributed by atoms with E-state index in [2.05, 4.69) is 5.10 Å². The second-order valence-electron chi connectivity index (χ2n) is 2.94. The second kappa shape index (κ2) is 3.82. The molecule has 0 bridgehead atoms. The average molecular weight is 208 g/mol. The molecule has 2 rings (SSSR count). The predicted octanol–water partition coefficient (Wildman–Crippen LogP) is 1.98. The Hall–Kier alpha value is -1.32. The number of hydrogen-bond acceptors (Lipinski definition) is 2. The molecule has 0 saturated heterocycles. The number of hydrogen-bond donors (Lipinski definition) is 1. The van der Waals surface area contributed by atoms with Crippen LogP contribution < -0.4 is 5.73 Å². The third-order valence-electron chi connectivity index (χ3n) is 2.00. The first-order valence-corrected chi connectivity index (χ1v) is 4.67. The van der Waals surface area contributed by atoms with Crippen LogP contribution in [0, 0.1) is 0 Å². The summed E-state index contributed by atoms with van der Waals surface area (Å²) in [7, 11) is 0. The van der Waals surface area contributed by atoms with Gasteiger partial charge in [-0.1, -0.05) is 17.7 Å². The van der Waals surface area contributed by atoms with Crippen molar-refractivity contribution in [2.75, 3.05) is 0 Å². The van der Waals surface area contributed by atoms with Gasteiger partial charge in [-0.2, -0.15) is 5.10 Å². The molecule has 0 aliphatic carbocycles. The van der Waals surface area contributed by atoms with Gasteiger partial charge in [-0.15, -0.1) is 0 Å². The van der Waals surface area contributed by atoms with Crippen molar-refractivity contribution >= 4 is 11.6 Å². The van der Waals surface area contributed by atoms with Crippen molar-refractivity contribution in [2.24, 2.45) is 5.73 Å². The van der Waals surface area contributed by atoms with E-state index in [0.717, 1.165) is 11.3 Å². The van der Waals surface area contributed by atoms with E-state index in [1.54, 1.807) is 10.9 Å². The highest BCUT2D eigenvalue weighted by Gasteiger charge is 2.03. The molecule has 0 radical (unpaired) electrons. The Kier molecular flexibility index (Phi) is 2.52. The van der Waals surface area contributed by atoms with Crippen molar-refractivity contribution in [3.63, 3.8) is 0 Å². The van der Waals surface area contributed by atoms with Crippen LogP contribution in [0.3, 0.4) is 0 Å². The molecule has 0 aliphatic heterocycles. The van der Waals surface area contributed by atoms with Crippen LogP contribution >= 0.6 is 11.6 Å². The summed E-state index contributed by atoms with van der Waals surface area (Å²) in [6.07, 6.45) is 3.56. The van der Waals surface area contributed by atoms with Crippen LogP contribution in [0.25, 0.3) is 5.69 Å². The predicted molar refractivity (Wildman–Crippen MR) is 56.5 cm³/mol. The monoisotopic (exact) mass is 207 g/mol. The van der Waals surface area contributed by atoms with Gasteiger partial charge in [-0.3, -0.25) is 0 Å². The summed E-state index contributed by atoms with van der Waals surface area (Å²) in [5.74, 6) is 0. The van der Waals surface area contributed by atoms with E-state index in [1.165, 1.54) is 0 Å². The Morgan fingerprint density at radius 1 is 1.43 bits per heavy atom. The number of benzene rings is 1. The summed E-state index contributed by atoms with van der Waals surface area (Å²) in [4.78, 5) is 0. The van der Waals surface area contributed by atoms with Crippen LogP contribution in [0.15, 0.2) is 36.7 Å². The summed E-state index contributed by atoms with van der Waals surface area (Å²) in [6.45, 7) is 0.505. The van der Waals surface area contributed by atoms with Gasteiger partial charge in [-0.05, 0) is 23.8 Å². The first kappa shape index (κ1) is 9.24. The molecule has 2 aromatic rings. The van der Waals surface area contributed by atoms with Gasteiger partial charge in [0.1, 0.15) is 0 Å². The zero-order chi connectivity index (χ0) is 9.97. The van der Waals surface area contributed by atoms with Crippen LogP contribution in [-0.4, -0.2) is 9.78 Å². The number of nitrogens with two attached hydrogens (primary N) is 1. The highest BCUT2D eigenvalue weighted by molar-refractivity contribution is 6.32. The van der Waals surface area contributed by atoms with Gasteiger partial charge < -0.3 is 5.73 Å². The molecule has 0 atom stereocenters. The molecular weight excluding hydrogens is 198 g/mol. The van der Waals surface area contributed by atoms with Crippen LogP contribution in [0.5, 0.6) is 0 Å². The van der Waals surface area contributed by atoms with E-state index in [-0.39, 0.29) is 0 Å². The first-order valence-electron chi connectivity index (χ1n) is 4.30. The fraction of sp³-hybridized carbons (Fsp3) is 0.100. The summed E-state index contributed by atoms with van der Waals surface area (Å²) >= 11 is 6.04. The maximum Gasteiger partial charge on any atom is 0.0834 e. The Balaban J connectivity index is 2.51. The van der Waals surface area contributed by atoms with Gasteiger partial charge in [0.2, 0.25) is 0 Å². The molecule has 0 saturated carbocycles. The Labute approximate surface area is 87.1 Å². The molecule has 0 aliphatic rings. The molecule has 14 heavy (non-hydrogen) atoms. The number of aromatic nitrogens is 2. The lowest BCUT2D eigenvalue weighted by Crippen LogP contribution is -2.00. The normalized spacial score (nSPS) is 10.4. The molecule has 1 aromatic carbocycles. The smallest absolute Gasteiger partial charge is 0.0834 e. The summed E-state index contributed by atoms with van der Waals surface area (Å²) in [5.41, 5.74) is 7.45. The maximum absolute atomic E-state index is 6.04. The molecule has 1 heterocycles. The molecule has 0 spiro atoms. The van der Waals surface area contributed by atoms with E-state index in [1.807, 2.05) is 30.5 Å². The Morgan fingerprint density at radius 3 is 2.93 bits per heavy atom. The van der Waals surface area contributed by atoms with Gasteiger partial charge >= 0.3 is 0 Å². The SMILES string of the molecule is NCc1ccc(Cl)c(-n2cccn2)c1. The highest BCUT2D eigenvalue weighted by Crippen LogP contribution is 2.20. The molecule has 0 unspecified atom stereocenters. The van der Waals surface area contributed by atoms with Crippen molar-refractivity contribution in [2.45, 2.75) is 6.54 Å². The maximum atomic E-state index is 6.04. The summed E-state index contributed by atoms with van der Waals surface area (Å²) in [5, 5.41) is 4.79. The topological polar surface area (TPSA) is 43.8 Å². The lowest BCUT2D eigenvalue weighted by Gasteiger charge is -2.06. The highest BCUT2D eigenvalue weighted by atomic mass is 35.5. The van der Waals surface area contributed by atoms with Gasteiger partial charge in [0, 0.05) is 18.9 Å². The van der Waals surface area contributed by atoms with Crippen molar-refractivity contribution in [3.8, 4) is 5.69 Å². The quantitative estimate of drug-likeness (QED) is 0.819. The van der Waals surface area contributed by atoms with E-state index >= 15 is 0 Å². The zero-order valence-corrected chi connectivity index (χ0v) is 8.28. The first-order chi connectivity index (χ1) is 6.81. The average Bonchev–Trinajstić information content (AvgIpc) is 2.71. The van der Waals surface area contributed by atoms with Crippen LogP contribution in [-0.2, 0) is 6.54 Å². The van der Waals surface area contributed by atoms with Crippen LogP contribution in [0.2, 0.25) is 5.02 Å². The van der Waals surface area contributed by atoms with Gasteiger partial charge in [-0.25, -0.2) is 4.68 Å². The van der Waals surface area contributed by atoms with Crippen LogP contribution in [0.4, 0.5) is 0 Å². The standard InChI is InChI=1S/C10H10ClN3/c11-9-3-2-8(7-12)6-10(9)14-5-1-4-13-14/h1-6H,7,12H2. The molecule has 3 nitrogen and oxygen atoms in total. The van der Waals surface area contributed by atoms with Crippen molar-refractivity contribution in [3.05, 3.63) is 47.2 Å². The minimum absolute atomic E-state index is 0.505. The van der Waals surface area contributed by atoms with E-state index < -0.39 is 0 Å². The molecule has 0 fully saturated rings. The van der Waals surface area contributed by atoms with Crippen LogP contribution in [0.1, 0.15) is 5.56 Å². The lowest BCUT2D eigenvalue weighted by molar-refractivity contribution is 0.876. The minimum Gasteiger partial charge on any atom is -0.326 e. The minimum atomic E-state index is 0.505. The van der Waals surface area contributed by atoms with Gasteiger partial charge in [0.15, 0.2) is 0 Å². The van der Waals surface area contributed by atoms with Gasteiger partial charge in [0.25, 0.3) is 0 Å². The summed E-state index contributed by atoms with van der Waals surface area (Å²) < 4.78 is 1.72. The molecule has 0 amide bonds. The van der Waals surface area contributed by atoms with E-state index in [0.29, 0.717) is 11.6 Å². The van der Waals surface area contributed by atoms with E-state index in [4.69, 9.17) is 17.3 Å². The van der Waals surface area contributed by atoms with E-state index in [9.17, 15) is 0 Å². The third kappa shape index (κ3) is 1.64. The number of nitrogens with zero attached hydrogens (tertiary/aromatic N) is 2. The molecule has 2 N–H and O–H groups in total. The number of halogens is 1. The Bertz CT molecular complexity index is 423. The second-order valence-corrected chi connectivity index (χ2v) is 3.35. The number of rotatable bonds is 2. The van der Waals surface area contributed by atoms with Crippen molar-refractivity contribution in [1.82, 2.24) is 9.78 Å². The molecule has 4 heteroatoms. The van der Waals surface area contributed by atoms with Gasteiger partial charge in [0.05, 0.1) is 10.7 Å². The molecular formula is C10H10ClN3. The molecule has 1 aromatic heterocycles. The largest absolute Gasteiger partial charge is 0.326 e. The Morgan fingerprint density at radius 2 is 2.29 bits per heavy atom. The van der Waals surface area contributed by atoms with Crippen molar-refractivity contribution in [1.29, 1.82) is 0 Å². The third-order valence-corrected chi connectivity index (χ3v) is 2.32. The molecule has 72 valence electrons. The fourth-order valence-electron chi connectivity index (χ4n) is 1.27.